The van der Waals surface area contributed by atoms with Gasteiger partial charge in [0, 0.05) is 24.9 Å². The number of benzene rings is 1. The van der Waals surface area contributed by atoms with Crippen LogP contribution >= 0.6 is 0 Å². The highest BCUT2D eigenvalue weighted by molar-refractivity contribution is 5.80. The fraction of sp³-hybridized carbons (Fsp3) is 0.417. The molecule has 0 aromatic heterocycles. The Morgan fingerprint density at radius 2 is 1.93 bits per heavy atom. The second-order valence-electron chi connectivity index (χ2n) is 3.98. The summed E-state index contributed by atoms with van der Waals surface area (Å²) in [6, 6.07) is 10.7. The third-order valence-electron chi connectivity index (χ3n) is 2.65. The molecule has 0 spiro atoms. The van der Waals surface area contributed by atoms with Crippen LogP contribution < -0.4 is 5.32 Å². The summed E-state index contributed by atoms with van der Waals surface area (Å²) in [7, 11) is 0. The number of ketones is 1. The molecule has 0 bridgehead atoms. The minimum Gasteiger partial charge on any atom is -0.307 e. The van der Waals surface area contributed by atoms with Gasteiger partial charge in [-0.2, -0.15) is 0 Å². The first-order valence-electron chi connectivity index (χ1n) is 5.08. The van der Waals surface area contributed by atoms with Gasteiger partial charge in [0.05, 0.1) is 0 Å². The normalized spacial score (nSPS) is 27.6. The summed E-state index contributed by atoms with van der Waals surface area (Å²) in [6.07, 6.45) is 1.30. The van der Waals surface area contributed by atoms with Crippen LogP contribution in [0.2, 0.25) is 0 Å². The van der Waals surface area contributed by atoms with E-state index in [0.29, 0.717) is 24.7 Å². The molecule has 0 unspecified atom stereocenters. The average Bonchev–Trinajstić information content (AvgIpc) is 2.18. The van der Waals surface area contributed by atoms with Crippen LogP contribution in [0.4, 0.5) is 0 Å². The smallest absolute Gasteiger partial charge is 0.136 e. The highest BCUT2D eigenvalue weighted by Crippen LogP contribution is 2.22. The van der Waals surface area contributed by atoms with Gasteiger partial charge in [-0.3, -0.25) is 4.79 Å². The molecule has 1 aromatic carbocycles. The Morgan fingerprint density at radius 3 is 2.57 bits per heavy atom. The predicted octanol–water partition coefficient (Wildman–Crippen LogP) is 2.07. The number of hydrogen-bond donors (Lipinski definition) is 1. The van der Waals surface area contributed by atoms with Crippen LogP contribution in [0, 0.1) is 0 Å². The fourth-order valence-corrected chi connectivity index (χ4v) is 2.01. The van der Waals surface area contributed by atoms with Crippen molar-refractivity contribution in [3.8, 4) is 0 Å². The first kappa shape index (κ1) is 9.41. The molecule has 0 amide bonds. The van der Waals surface area contributed by atoms with Crippen molar-refractivity contribution in [1.29, 1.82) is 0 Å². The van der Waals surface area contributed by atoms with Gasteiger partial charge in [-0.15, -0.1) is 0 Å². The maximum Gasteiger partial charge on any atom is 0.136 e. The summed E-state index contributed by atoms with van der Waals surface area (Å²) < 4.78 is 0. The molecule has 74 valence electrons. The van der Waals surface area contributed by atoms with Gasteiger partial charge in [-0.25, -0.2) is 0 Å². The van der Waals surface area contributed by atoms with Gasteiger partial charge in [-0.05, 0) is 12.5 Å². The Morgan fingerprint density at radius 1 is 1.21 bits per heavy atom. The number of carbonyl (C=O) groups excluding carboxylic acids is 1. The molecule has 1 aliphatic rings. The van der Waals surface area contributed by atoms with Crippen molar-refractivity contribution in [2.24, 2.45) is 0 Å². The summed E-state index contributed by atoms with van der Waals surface area (Å²) in [5.41, 5.74) is 1.22. The Balaban J connectivity index is 2.15. The quantitative estimate of drug-likeness (QED) is 0.732. The Labute approximate surface area is 84.3 Å². The zero-order valence-electron chi connectivity index (χ0n) is 8.36. The topological polar surface area (TPSA) is 29.1 Å². The van der Waals surface area contributed by atoms with Crippen molar-refractivity contribution in [3.63, 3.8) is 0 Å². The van der Waals surface area contributed by atoms with Crippen LogP contribution in [0.1, 0.15) is 31.4 Å². The van der Waals surface area contributed by atoms with Gasteiger partial charge < -0.3 is 5.32 Å². The van der Waals surface area contributed by atoms with Gasteiger partial charge in [0.2, 0.25) is 0 Å². The van der Waals surface area contributed by atoms with Crippen LogP contribution in [0.5, 0.6) is 0 Å². The van der Waals surface area contributed by atoms with Crippen molar-refractivity contribution < 1.29 is 4.79 Å². The molecule has 0 saturated carbocycles. The summed E-state index contributed by atoms with van der Waals surface area (Å²) in [5.74, 6) is 0.366. The molecule has 0 radical (unpaired) electrons. The third-order valence-corrected chi connectivity index (χ3v) is 2.65. The van der Waals surface area contributed by atoms with Crippen molar-refractivity contribution in [1.82, 2.24) is 5.32 Å². The minimum atomic E-state index is 0.215. The van der Waals surface area contributed by atoms with E-state index in [9.17, 15) is 4.79 Å². The zero-order chi connectivity index (χ0) is 9.97. The SMILES string of the molecule is C[C@@H]1CC(=O)C[C@H](c2ccccc2)N1. The Kier molecular flexibility index (Phi) is 2.64. The Bertz CT molecular complexity index is 320. The lowest BCUT2D eigenvalue weighted by molar-refractivity contribution is -0.121. The van der Waals surface area contributed by atoms with Crippen LogP contribution in [0.3, 0.4) is 0 Å². The lowest BCUT2D eigenvalue weighted by Crippen LogP contribution is -2.38. The zero-order valence-corrected chi connectivity index (χ0v) is 8.36. The van der Waals surface area contributed by atoms with Crippen molar-refractivity contribution >= 4 is 5.78 Å². The molecule has 1 saturated heterocycles. The van der Waals surface area contributed by atoms with Gasteiger partial charge >= 0.3 is 0 Å². The second kappa shape index (κ2) is 3.93. The van der Waals surface area contributed by atoms with Crippen LogP contribution in [-0.4, -0.2) is 11.8 Å². The first-order valence-corrected chi connectivity index (χ1v) is 5.08. The molecule has 2 rings (SSSR count). The summed E-state index contributed by atoms with van der Waals surface area (Å²) in [6.45, 7) is 2.06. The molecular weight excluding hydrogens is 174 g/mol. The molecule has 1 aliphatic heterocycles. The van der Waals surface area contributed by atoms with E-state index < -0.39 is 0 Å². The standard InChI is InChI=1S/C12H15NO/c1-9-7-11(14)8-12(13-9)10-5-3-2-4-6-10/h2-6,9,12-13H,7-8H2,1H3/t9-,12-/m1/s1. The largest absolute Gasteiger partial charge is 0.307 e. The molecule has 1 fully saturated rings. The van der Waals surface area contributed by atoms with Crippen molar-refractivity contribution in [2.75, 3.05) is 0 Å². The van der Waals surface area contributed by atoms with Gasteiger partial charge in [-0.1, -0.05) is 30.3 Å². The maximum atomic E-state index is 11.4. The van der Waals surface area contributed by atoms with Gasteiger partial charge in [0.25, 0.3) is 0 Å². The van der Waals surface area contributed by atoms with E-state index in [1.807, 2.05) is 18.2 Å². The highest BCUT2D eigenvalue weighted by atomic mass is 16.1. The molecule has 2 heteroatoms. The third kappa shape index (κ3) is 2.02. The number of piperidine rings is 1. The minimum absolute atomic E-state index is 0.215. The maximum absolute atomic E-state index is 11.4. The van der Waals surface area contributed by atoms with E-state index in [-0.39, 0.29) is 6.04 Å². The van der Waals surface area contributed by atoms with Crippen molar-refractivity contribution in [2.45, 2.75) is 31.8 Å². The molecule has 0 aliphatic carbocycles. The van der Waals surface area contributed by atoms with E-state index in [2.05, 4.69) is 24.4 Å². The fourth-order valence-electron chi connectivity index (χ4n) is 2.01. The van der Waals surface area contributed by atoms with E-state index >= 15 is 0 Å². The molecule has 2 nitrogen and oxygen atoms in total. The molecule has 1 heterocycles. The van der Waals surface area contributed by atoms with Gasteiger partial charge in [0.1, 0.15) is 5.78 Å². The molecule has 1 N–H and O–H groups in total. The average molecular weight is 189 g/mol. The first-order chi connectivity index (χ1) is 6.75. The number of rotatable bonds is 1. The highest BCUT2D eigenvalue weighted by Gasteiger charge is 2.24. The summed E-state index contributed by atoms with van der Waals surface area (Å²) in [5, 5.41) is 3.44. The number of Topliss-reactive ketones (excluding diaryl/α,β-unsaturated/α-hetero) is 1. The van der Waals surface area contributed by atoms with Crippen LogP contribution in [0.15, 0.2) is 30.3 Å². The molecule has 1 aromatic rings. The molecule has 2 atom stereocenters. The van der Waals surface area contributed by atoms with Crippen molar-refractivity contribution in [3.05, 3.63) is 35.9 Å². The molecular formula is C12H15NO. The number of hydrogen-bond acceptors (Lipinski definition) is 2. The van der Waals surface area contributed by atoms with Gasteiger partial charge in [0.15, 0.2) is 0 Å². The van der Waals surface area contributed by atoms with E-state index in [1.165, 1.54) is 5.56 Å². The van der Waals surface area contributed by atoms with Crippen LogP contribution in [0.25, 0.3) is 0 Å². The number of nitrogens with one attached hydrogen (secondary N) is 1. The number of carbonyl (C=O) groups is 1. The summed E-state index contributed by atoms with van der Waals surface area (Å²) in [4.78, 5) is 11.4. The predicted molar refractivity (Wildman–Crippen MR) is 56.0 cm³/mol. The Hall–Kier alpha value is -1.15. The lowest BCUT2D eigenvalue weighted by atomic mass is 9.93. The summed E-state index contributed by atoms with van der Waals surface area (Å²) >= 11 is 0. The second-order valence-corrected chi connectivity index (χ2v) is 3.98. The van der Waals surface area contributed by atoms with E-state index in [0.717, 1.165) is 0 Å². The lowest BCUT2D eigenvalue weighted by Gasteiger charge is -2.28. The van der Waals surface area contributed by atoms with Crippen LogP contribution in [-0.2, 0) is 4.79 Å². The van der Waals surface area contributed by atoms with E-state index in [4.69, 9.17) is 0 Å². The monoisotopic (exact) mass is 189 g/mol. The van der Waals surface area contributed by atoms with E-state index in [1.54, 1.807) is 0 Å². The molecule has 14 heavy (non-hydrogen) atoms.